The molecule has 6 heteroatoms. The van der Waals surface area contributed by atoms with Crippen molar-refractivity contribution in [1.82, 2.24) is 5.16 Å². The molecule has 6 rings (SSSR count). The number of fused-ring (bicyclic) bond motifs is 8. The maximum atomic E-state index is 12.9. The number of aromatic nitrogens is 1. The first kappa shape index (κ1) is 28.0. The van der Waals surface area contributed by atoms with Gasteiger partial charge in [-0.2, -0.15) is 0 Å². The van der Waals surface area contributed by atoms with Gasteiger partial charge in [0.05, 0.1) is 12.0 Å². The Morgan fingerprint density at radius 3 is 2.40 bits per heavy atom. The van der Waals surface area contributed by atoms with Gasteiger partial charge in [0, 0.05) is 11.0 Å². The SMILES string of the molecule is CCOC(=O)c1noc2c1C[C@]1(C)[C@H]3CC=C4[C@@H]5CC(C)(C)CC[C@]5(C(=O)O)CC[C@@]4(C)[C@]3(C)CC[C@H]1C2(C)C. The van der Waals surface area contributed by atoms with Crippen LogP contribution in [0.4, 0.5) is 0 Å². The lowest BCUT2D eigenvalue weighted by Gasteiger charge is -2.70. The summed E-state index contributed by atoms with van der Waals surface area (Å²) in [5.41, 5.74) is 1.99. The number of carboxylic acid groups (broad SMARTS) is 1. The second kappa shape index (κ2) is 8.47. The molecule has 0 saturated heterocycles. The van der Waals surface area contributed by atoms with E-state index in [0.29, 0.717) is 24.1 Å². The largest absolute Gasteiger partial charge is 0.481 e. The van der Waals surface area contributed by atoms with E-state index in [2.05, 4.69) is 59.7 Å². The number of esters is 1. The molecule has 0 bridgehead atoms. The summed E-state index contributed by atoms with van der Waals surface area (Å²) in [6.07, 6.45) is 10.9. The molecular weight excluding hydrogens is 502 g/mol. The lowest BCUT2D eigenvalue weighted by Crippen LogP contribution is -2.64. The smallest absolute Gasteiger partial charge is 0.360 e. The van der Waals surface area contributed by atoms with E-state index >= 15 is 0 Å². The third kappa shape index (κ3) is 3.37. The fraction of sp³-hybridized carbons (Fsp3) is 0.794. The zero-order valence-corrected chi connectivity index (χ0v) is 25.9. The highest BCUT2D eigenvalue weighted by Gasteiger charge is 2.69. The van der Waals surface area contributed by atoms with E-state index in [1.54, 1.807) is 0 Å². The lowest BCUT2D eigenvalue weighted by molar-refractivity contribution is -0.177. The standard InChI is InChI=1S/C34H49NO5/c1-9-39-27(36)25-20-18-31(6)23(30(4,5)26(20)40-35-25)12-13-33(8)24(31)11-10-21-22-19-29(2,3)14-16-34(22,28(37)38)17-15-32(21,33)7/h10,22-24H,9,11-19H2,1-8H3,(H,37,38)/t22-,23-,24+,31-,32+,33+,34-/m0/s1. The molecular formula is C34H49NO5. The van der Waals surface area contributed by atoms with Gasteiger partial charge in [-0.15, -0.1) is 0 Å². The number of hydrogen-bond acceptors (Lipinski definition) is 5. The van der Waals surface area contributed by atoms with Gasteiger partial charge in [-0.3, -0.25) is 4.79 Å². The second-order valence-electron chi connectivity index (χ2n) is 16.1. The average Bonchev–Trinajstić information content (AvgIpc) is 3.28. The summed E-state index contributed by atoms with van der Waals surface area (Å²) in [7, 11) is 0. The van der Waals surface area contributed by atoms with Crippen LogP contribution in [0.1, 0.15) is 129 Å². The molecule has 5 aliphatic carbocycles. The van der Waals surface area contributed by atoms with Gasteiger partial charge in [0.15, 0.2) is 5.69 Å². The number of allylic oxidation sites excluding steroid dienone is 2. The first-order chi connectivity index (χ1) is 18.6. The molecule has 1 N–H and O–H groups in total. The van der Waals surface area contributed by atoms with Crippen LogP contribution in [0, 0.1) is 44.8 Å². The summed E-state index contributed by atoms with van der Waals surface area (Å²) in [6.45, 7) is 18.8. The van der Waals surface area contributed by atoms with Crippen LogP contribution in [0.15, 0.2) is 16.2 Å². The molecule has 40 heavy (non-hydrogen) atoms. The Balaban J connectivity index is 1.46. The third-order valence-electron chi connectivity index (χ3n) is 13.6. The molecule has 1 heterocycles. The molecule has 0 aliphatic heterocycles. The fourth-order valence-corrected chi connectivity index (χ4v) is 11.3. The minimum atomic E-state index is -0.621. The van der Waals surface area contributed by atoms with Gasteiger partial charge in [0.25, 0.3) is 0 Å². The molecule has 0 amide bonds. The van der Waals surface area contributed by atoms with Crippen molar-refractivity contribution in [3.63, 3.8) is 0 Å². The number of ether oxygens (including phenoxy) is 1. The Labute approximate surface area is 239 Å². The second-order valence-corrected chi connectivity index (χ2v) is 16.1. The molecule has 3 fully saturated rings. The molecule has 7 atom stereocenters. The first-order valence-electron chi connectivity index (χ1n) is 15.7. The third-order valence-corrected chi connectivity index (χ3v) is 13.6. The maximum Gasteiger partial charge on any atom is 0.360 e. The molecule has 0 spiro atoms. The molecule has 1 aromatic heterocycles. The van der Waals surface area contributed by atoms with Gasteiger partial charge in [0.1, 0.15) is 5.76 Å². The van der Waals surface area contributed by atoms with E-state index in [9.17, 15) is 14.7 Å². The predicted octanol–water partition coefficient (Wildman–Crippen LogP) is 7.75. The number of rotatable bonds is 3. The van der Waals surface area contributed by atoms with Gasteiger partial charge in [0.2, 0.25) is 0 Å². The van der Waals surface area contributed by atoms with E-state index in [0.717, 1.165) is 69.1 Å². The zero-order valence-electron chi connectivity index (χ0n) is 25.9. The molecule has 220 valence electrons. The monoisotopic (exact) mass is 551 g/mol. The Morgan fingerprint density at radius 1 is 1.02 bits per heavy atom. The van der Waals surface area contributed by atoms with Crippen LogP contribution in [0.3, 0.4) is 0 Å². The Hall–Kier alpha value is -2.11. The summed E-state index contributed by atoms with van der Waals surface area (Å²) >= 11 is 0. The van der Waals surface area contributed by atoms with Crippen LogP contribution in [-0.4, -0.2) is 28.8 Å². The quantitative estimate of drug-likeness (QED) is 0.305. The summed E-state index contributed by atoms with van der Waals surface area (Å²) in [4.78, 5) is 25.8. The van der Waals surface area contributed by atoms with Gasteiger partial charge in [-0.1, -0.05) is 65.3 Å². The number of nitrogens with zero attached hydrogens (tertiary/aromatic N) is 1. The molecule has 0 radical (unpaired) electrons. The normalized spacial score (nSPS) is 42.7. The number of carboxylic acids is 1. The Bertz CT molecular complexity index is 1290. The molecule has 3 saturated carbocycles. The Morgan fingerprint density at radius 2 is 1.73 bits per heavy atom. The average molecular weight is 552 g/mol. The minimum absolute atomic E-state index is 0.0377. The maximum absolute atomic E-state index is 12.9. The van der Waals surface area contributed by atoms with Crippen molar-refractivity contribution in [2.45, 2.75) is 119 Å². The number of aliphatic carboxylic acids is 1. The van der Waals surface area contributed by atoms with Crippen molar-refractivity contribution >= 4 is 11.9 Å². The van der Waals surface area contributed by atoms with E-state index in [1.807, 2.05) is 6.92 Å². The van der Waals surface area contributed by atoms with Crippen molar-refractivity contribution < 1.29 is 24.0 Å². The van der Waals surface area contributed by atoms with E-state index in [-0.39, 0.29) is 39.0 Å². The highest BCUT2D eigenvalue weighted by atomic mass is 16.5. The van der Waals surface area contributed by atoms with Crippen LogP contribution < -0.4 is 0 Å². The van der Waals surface area contributed by atoms with E-state index in [1.165, 1.54) is 5.57 Å². The zero-order chi connectivity index (χ0) is 29.1. The molecule has 0 unspecified atom stereocenters. The van der Waals surface area contributed by atoms with Gasteiger partial charge < -0.3 is 14.4 Å². The van der Waals surface area contributed by atoms with E-state index in [4.69, 9.17) is 9.26 Å². The van der Waals surface area contributed by atoms with Crippen LogP contribution in [0.5, 0.6) is 0 Å². The van der Waals surface area contributed by atoms with Gasteiger partial charge in [-0.05, 0) is 104 Å². The molecule has 0 aromatic carbocycles. The Kier molecular flexibility index (Phi) is 5.94. The predicted molar refractivity (Wildman–Crippen MR) is 153 cm³/mol. The van der Waals surface area contributed by atoms with Crippen molar-refractivity contribution in [3.8, 4) is 0 Å². The van der Waals surface area contributed by atoms with Crippen LogP contribution >= 0.6 is 0 Å². The minimum Gasteiger partial charge on any atom is -0.481 e. The number of carbonyl (C=O) groups is 2. The summed E-state index contributed by atoms with van der Waals surface area (Å²) < 4.78 is 11.3. The number of carbonyl (C=O) groups excluding carboxylic acids is 1. The van der Waals surface area contributed by atoms with Crippen molar-refractivity contribution in [1.29, 1.82) is 0 Å². The van der Waals surface area contributed by atoms with Crippen molar-refractivity contribution in [2.24, 2.45) is 44.8 Å². The van der Waals surface area contributed by atoms with Crippen LogP contribution in [0.2, 0.25) is 0 Å². The molecule has 1 aromatic rings. The first-order valence-corrected chi connectivity index (χ1v) is 15.7. The fourth-order valence-electron chi connectivity index (χ4n) is 11.3. The van der Waals surface area contributed by atoms with Crippen LogP contribution in [0.25, 0.3) is 0 Å². The van der Waals surface area contributed by atoms with Gasteiger partial charge in [-0.25, -0.2) is 4.79 Å². The topological polar surface area (TPSA) is 89.6 Å². The van der Waals surface area contributed by atoms with Crippen LogP contribution in [-0.2, 0) is 21.4 Å². The summed E-state index contributed by atoms with van der Waals surface area (Å²) in [6, 6.07) is 0. The summed E-state index contributed by atoms with van der Waals surface area (Å²) in [5, 5.41) is 14.9. The van der Waals surface area contributed by atoms with Gasteiger partial charge >= 0.3 is 11.9 Å². The van der Waals surface area contributed by atoms with Crippen molar-refractivity contribution in [2.75, 3.05) is 6.61 Å². The molecule has 6 nitrogen and oxygen atoms in total. The van der Waals surface area contributed by atoms with Crippen molar-refractivity contribution in [3.05, 3.63) is 28.7 Å². The van der Waals surface area contributed by atoms with E-state index < -0.39 is 11.4 Å². The molecule has 5 aliphatic rings. The highest BCUT2D eigenvalue weighted by Crippen LogP contribution is 2.75. The lowest BCUT2D eigenvalue weighted by atomic mass is 9.33. The number of hydrogen-bond donors (Lipinski definition) is 1. The summed E-state index contributed by atoms with van der Waals surface area (Å²) in [5.74, 6) is 0.812. The highest BCUT2D eigenvalue weighted by molar-refractivity contribution is 5.89.